The van der Waals surface area contributed by atoms with Crippen molar-refractivity contribution in [3.63, 3.8) is 0 Å². The van der Waals surface area contributed by atoms with Crippen molar-refractivity contribution in [3.8, 4) is 0 Å². The number of nitrogens with one attached hydrogen (secondary N) is 2. The molecule has 0 spiro atoms. The molecule has 3 heterocycles. The van der Waals surface area contributed by atoms with Crippen molar-refractivity contribution in [1.29, 1.82) is 0 Å². The molecule has 3 aromatic rings. The van der Waals surface area contributed by atoms with E-state index in [2.05, 4.69) is 22.0 Å². The molecule has 2 N–H and O–H groups in total. The standard InChI is InChI=1S/C24H24FN5O5/c1-4-17-11-30(19(12-29(17)23(33)13(2)3)14-5-7-15(25)8-6-14)24(34)21(32)27-16-9-18-20(31)28-35-22(18)26-10-16/h4-10,13,17,19H,1,11-12H2,2-3H3,(H,27,32)(H,28,31)/t17-,19-/m0/s1. The number of fused-ring (bicyclic) bond motifs is 1. The van der Waals surface area contributed by atoms with Gasteiger partial charge in [0.1, 0.15) is 11.2 Å². The Balaban J connectivity index is 1.63. The first-order valence-corrected chi connectivity index (χ1v) is 11.0. The summed E-state index contributed by atoms with van der Waals surface area (Å²) in [6.07, 6.45) is 2.82. The summed E-state index contributed by atoms with van der Waals surface area (Å²) < 4.78 is 18.5. The van der Waals surface area contributed by atoms with Gasteiger partial charge in [-0.15, -0.1) is 6.58 Å². The fraction of sp³-hybridized carbons (Fsp3) is 0.292. The lowest BCUT2D eigenvalue weighted by Gasteiger charge is -2.46. The number of benzene rings is 1. The maximum atomic E-state index is 13.6. The maximum absolute atomic E-state index is 13.6. The lowest BCUT2D eigenvalue weighted by atomic mass is 9.97. The molecule has 2 atom stereocenters. The highest BCUT2D eigenvalue weighted by atomic mass is 19.1. The number of hydrogen-bond acceptors (Lipinski definition) is 6. The SMILES string of the molecule is C=C[C@H]1CN(C(=O)C(=O)Nc2cnc3o[nH]c(=O)c3c2)[C@H](c2ccc(F)cc2)CN1C(=O)C(C)C. The molecule has 0 radical (unpaired) electrons. The first-order valence-electron chi connectivity index (χ1n) is 11.0. The number of aromatic nitrogens is 2. The summed E-state index contributed by atoms with van der Waals surface area (Å²) in [4.78, 5) is 57.8. The molecule has 1 saturated heterocycles. The highest BCUT2D eigenvalue weighted by Gasteiger charge is 2.40. The zero-order chi connectivity index (χ0) is 25.3. The number of aromatic amines is 1. The Hall–Kier alpha value is -4.28. The summed E-state index contributed by atoms with van der Waals surface area (Å²) in [7, 11) is 0. The zero-order valence-corrected chi connectivity index (χ0v) is 19.2. The number of carbonyl (C=O) groups excluding carboxylic acids is 3. The van der Waals surface area contributed by atoms with Crippen molar-refractivity contribution in [1.82, 2.24) is 19.9 Å². The fourth-order valence-corrected chi connectivity index (χ4v) is 4.06. The van der Waals surface area contributed by atoms with Crippen LogP contribution in [-0.2, 0) is 14.4 Å². The van der Waals surface area contributed by atoms with E-state index in [-0.39, 0.29) is 41.7 Å². The molecule has 0 saturated carbocycles. The number of carbonyl (C=O) groups is 3. The third kappa shape index (κ3) is 4.70. The van der Waals surface area contributed by atoms with Crippen LogP contribution in [0.15, 0.2) is 58.5 Å². The molecule has 4 rings (SSSR count). The number of nitrogens with zero attached hydrogens (tertiary/aromatic N) is 3. The third-order valence-corrected chi connectivity index (χ3v) is 5.88. The van der Waals surface area contributed by atoms with E-state index in [1.165, 1.54) is 41.4 Å². The number of H-pyrrole nitrogens is 1. The minimum atomic E-state index is -0.954. The molecule has 0 unspecified atom stereocenters. The molecule has 0 bridgehead atoms. The molecule has 1 aliphatic rings. The molecule has 0 aliphatic carbocycles. The highest BCUT2D eigenvalue weighted by Crippen LogP contribution is 2.30. The van der Waals surface area contributed by atoms with Gasteiger partial charge in [0.2, 0.25) is 5.91 Å². The third-order valence-electron chi connectivity index (χ3n) is 5.88. The number of halogens is 1. The molecule has 11 heteroatoms. The van der Waals surface area contributed by atoms with E-state index in [0.717, 1.165) is 0 Å². The van der Waals surface area contributed by atoms with Crippen LogP contribution in [0, 0.1) is 11.7 Å². The van der Waals surface area contributed by atoms with Gasteiger partial charge < -0.3 is 19.6 Å². The Kier molecular flexibility index (Phi) is 6.50. The molecular formula is C24H24FN5O5. The Morgan fingerprint density at radius 2 is 1.94 bits per heavy atom. The summed E-state index contributed by atoms with van der Waals surface area (Å²) in [5.41, 5.74) is 0.251. The summed E-state index contributed by atoms with van der Waals surface area (Å²) in [6, 6.07) is 5.71. The van der Waals surface area contributed by atoms with Gasteiger partial charge in [0.15, 0.2) is 0 Å². The van der Waals surface area contributed by atoms with Gasteiger partial charge >= 0.3 is 11.8 Å². The topological polar surface area (TPSA) is 129 Å². The maximum Gasteiger partial charge on any atom is 0.313 e. The fourth-order valence-electron chi connectivity index (χ4n) is 4.06. The van der Waals surface area contributed by atoms with Crippen LogP contribution in [0.1, 0.15) is 25.5 Å². The van der Waals surface area contributed by atoms with Crippen molar-refractivity contribution in [3.05, 3.63) is 70.9 Å². The van der Waals surface area contributed by atoms with Crippen LogP contribution in [-0.4, -0.2) is 56.8 Å². The Labute approximate surface area is 199 Å². The Bertz CT molecular complexity index is 1350. The van der Waals surface area contributed by atoms with Crippen LogP contribution >= 0.6 is 0 Å². The molecule has 1 aromatic carbocycles. The van der Waals surface area contributed by atoms with Crippen molar-refractivity contribution >= 4 is 34.5 Å². The predicted octanol–water partition coefficient (Wildman–Crippen LogP) is 2.22. The number of anilines is 1. The number of amides is 3. The molecule has 3 amide bonds. The normalized spacial score (nSPS) is 18.1. The summed E-state index contributed by atoms with van der Waals surface area (Å²) in [6.45, 7) is 7.47. The molecule has 1 aliphatic heterocycles. The van der Waals surface area contributed by atoms with E-state index in [0.29, 0.717) is 5.56 Å². The average molecular weight is 481 g/mol. The second-order valence-corrected chi connectivity index (χ2v) is 8.54. The lowest BCUT2D eigenvalue weighted by molar-refractivity contribution is -0.151. The molecule has 1 fully saturated rings. The van der Waals surface area contributed by atoms with Gasteiger partial charge in [-0.1, -0.05) is 32.1 Å². The molecule has 182 valence electrons. The van der Waals surface area contributed by atoms with E-state index < -0.39 is 35.3 Å². The van der Waals surface area contributed by atoms with E-state index in [9.17, 15) is 23.6 Å². The number of pyridine rings is 1. The van der Waals surface area contributed by atoms with Crippen LogP contribution in [0.4, 0.5) is 10.1 Å². The largest absolute Gasteiger partial charge is 0.358 e. The van der Waals surface area contributed by atoms with Gasteiger partial charge in [-0.25, -0.2) is 9.37 Å². The lowest BCUT2D eigenvalue weighted by Crippen LogP contribution is -2.59. The number of rotatable bonds is 4. The highest BCUT2D eigenvalue weighted by molar-refractivity contribution is 6.39. The molecule has 10 nitrogen and oxygen atoms in total. The van der Waals surface area contributed by atoms with E-state index in [1.807, 2.05) is 0 Å². The van der Waals surface area contributed by atoms with Crippen molar-refractivity contribution < 1.29 is 23.3 Å². The summed E-state index contributed by atoms with van der Waals surface area (Å²) in [5, 5.41) is 4.72. The van der Waals surface area contributed by atoms with Crippen molar-refractivity contribution in [2.45, 2.75) is 25.9 Å². The van der Waals surface area contributed by atoms with Crippen molar-refractivity contribution in [2.75, 3.05) is 18.4 Å². The summed E-state index contributed by atoms with van der Waals surface area (Å²) in [5.74, 6) is -2.67. The monoisotopic (exact) mass is 481 g/mol. The first kappa shape index (κ1) is 23.9. The average Bonchev–Trinajstić information content (AvgIpc) is 3.22. The van der Waals surface area contributed by atoms with Crippen LogP contribution < -0.4 is 10.9 Å². The van der Waals surface area contributed by atoms with E-state index in [4.69, 9.17) is 4.52 Å². The van der Waals surface area contributed by atoms with Gasteiger partial charge in [0.05, 0.1) is 24.0 Å². The van der Waals surface area contributed by atoms with Crippen molar-refractivity contribution in [2.24, 2.45) is 5.92 Å². The second-order valence-electron chi connectivity index (χ2n) is 8.54. The van der Waals surface area contributed by atoms with E-state index >= 15 is 0 Å². The van der Waals surface area contributed by atoms with Crippen LogP contribution in [0.3, 0.4) is 0 Å². The first-order chi connectivity index (χ1) is 16.7. The van der Waals surface area contributed by atoms with Crippen LogP contribution in [0.25, 0.3) is 11.1 Å². The predicted molar refractivity (Wildman–Crippen MR) is 125 cm³/mol. The number of hydrogen-bond donors (Lipinski definition) is 2. The smallest absolute Gasteiger partial charge is 0.313 e. The quantitative estimate of drug-likeness (QED) is 0.434. The van der Waals surface area contributed by atoms with Crippen LogP contribution in [0.5, 0.6) is 0 Å². The van der Waals surface area contributed by atoms with Crippen LogP contribution in [0.2, 0.25) is 0 Å². The van der Waals surface area contributed by atoms with E-state index in [1.54, 1.807) is 24.8 Å². The van der Waals surface area contributed by atoms with Gasteiger partial charge in [-0.2, -0.15) is 5.16 Å². The zero-order valence-electron chi connectivity index (χ0n) is 19.2. The Morgan fingerprint density at radius 1 is 1.23 bits per heavy atom. The minimum absolute atomic E-state index is 0.0228. The van der Waals surface area contributed by atoms with Gasteiger partial charge in [-0.3, -0.25) is 19.2 Å². The second kappa shape index (κ2) is 9.53. The minimum Gasteiger partial charge on any atom is -0.358 e. The summed E-state index contributed by atoms with van der Waals surface area (Å²) >= 11 is 0. The van der Waals surface area contributed by atoms with Gasteiger partial charge in [-0.05, 0) is 23.8 Å². The number of piperazine rings is 1. The van der Waals surface area contributed by atoms with Gasteiger partial charge in [0, 0.05) is 19.0 Å². The molecular weight excluding hydrogens is 457 g/mol. The molecule has 2 aromatic heterocycles. The van der Waals surface area contributed by atoms with Gasteiger partial charge in [0.25, 0.3) is 11.3 Å². The molecule has 35 heavy (non-hydrogen) atoms. The Morgan fingerprint density at radius 3 is 2.60 bits per heavy atom.